The van der Waals surface area contributed by atoms with Crippen molar-refractivity contribution in [2.24, 2.45) is 5.73 Å². The van der Waals surface area contributed by atoms with E-state index in [-0.39, 0.29) is 5.91 Å². The summed E-state index contributed by atoms with van der Waals surface area (Å²) < 4.78 is 0. The number of hydrogen-bond donors (Lipinski definition) is 2. The van der Waals surface area contributed by atoms with E-state index in [0.717, 1.165) is 6.42 Å². The Hall–Kier alpha value is -1.86. The zero-order chi connectivity index (χ0) is 12.0. The molecule has 0 saturated carbocycles. The molecule has 0 unspecified atom stereocenters. The fourth-order valence-corrected chi connectivity index (χ4v) is 1.34. The maximum Gasteiger partial charge on any atom is 0.241 e. The maximum absolute atomic E-state index is 11.6. The molecule has 16 heavy (non-hydrogen) atoms. The molecule has 4 nitrogen and oxygen atoms in total. The monoisotopic (exact) mass is 217 g/mol. The lowest BCUT2D eigenvalue weighted by Gasteiger charge is -2.11. The summed E-state index contributed by atoms with van der Waals surface area (Å²) in [6, 6.07) is 8.28. The van der Waals surface area contributed by atoms with Gasteiger partial charge in [-0.3, -0.25) is 4.79 Å². The van der Waals surface area contributed by atoms with E-state index in [9.17, 15) is 4.79 Å². The third-order valence-electron chi connectivity index (χ3n) is 2.20. The van der Waals surface area contributed by atoms with Crippen molar-refractivity contribution in [1.29, 1.82) is 5.26 Å². The molecule has 0 radical (unpaired) electrons. The van der Waals surface area contributed by atoms with Gasteiger partial charge in [-0.15, -0.1) is 0 Å². The molecule has 1 aromatic carbocycles. The van der Waals surface area contributed by atoms with Crippen molar-refractivity contribution >= 4 is 11.6 Å². The van der Waals surface area contributed by atoms with Crippen LogP contribution in [0.15, 0.2) is 24.3 Å². The van der Waals surface area contributed by atoms with Gasteiger partial charge in [0, 0.05) is 5.69 Å². The summed E-state index contributed by atoms with van der Waals surface area (Å²) in [6.07, 6.45) is 1.52. The van der Waals surface area contributed by atoms with Gasteiger partial charge in [-0.05, 0) is 24.6 Å². The Balaban J connectivity index is 2.66. The zero-order valence-corrected chi connectivity index (χ0v) is 9.23. The SMILES string of the molecule is CCC[C@@H](N)C(=O)Nc1cccc(C#N)c1. The molecule has 1 atom stereocenters. The molecule has 0 aliphatic carbocycles. The summed E-state index contributed by atoms with van der Waals surface area (Å²) in [6.45, 7) is 1.98. The smallest absolute Gasteiger partial charge is 0.241 e. The first-order valence-corrected chi connectivity index (χ1v) is 5.24. The predicted octanol–water partition coefficient (Wildman–Crippen LogP) is 1.62. The summed E-state index contributed by atoms with van der Waals surface area (Å²) in [4.78, 5) is 11.6. The van der Waals surface area contributed by atoms with Crippen LogP contribution in [0.1, 0.15) is 25.3 Å². The molecule has 0 heterocycles. The predicted molar refractivity (Wildman–Crippen MR) is 62.7 cm³/mol. The minimum atomic E-state index is -0.490. The van der Waals surface area contributed by atoms with Crippen LogP contribution in [-0.4, -0.2) is 11.9 Å². The molecule has 1 aromatic rings. The molecule has 0 saturated heterocycles. The molecule has 0 aromatic heterocycles. The number of hydrogen-bond acceptors (Lipinski definition) is 3. The molecular formula is C12H15N3O. The van der Waals surface area contributed by atoms with Gasteiger partial charge >= 0.3 is 0 Å². The molecule has 84 valence electrons. The quantitative estimate of drug-likeness (QED) is 0.804. The minimum absolute atomic E-state index is 0.211. The van der Waals surface area contributed by atoms with E-state index in [1.165, 1.54) is 0 Å². The van der Waals surface area contributed by atoms with Gasteiger partial charge in [-0.2, -0.15) is 5.26 Å². The lowest BCUT2D eigenvalue weighted by molar-refractivity contribution is -0.117. The van der Waals surface area contributed by atoms with Crippen LogP contribution in [0.4, 0.5) is 5.69 Å². The average Bonchev–Trinajstić information content (AvgIpc) is 2.29. The van der Waals surface area contributed by atoms with Crippen LogP contribution in [-0.2, 0) is 4.79 Å². The van der Waals surface area contributed by atoms with Gasteiger partial charge in [-0.25, -0.2) is 0 Å². The Morgan fingerprint density at radius 1 is 1.62 bits per heavy atom. The molecular weight excluding hydrogens is 202 g/mol. The van der Waals surface area contributed by atoms with E-state index in [0.29, 0.717) is 17.7 Å². The van der Waals surface area contributed by atoms with Crippen molar-refractivity contribution in [2.75, 3.05) is 5.32 Å². The highest BCUT2D eigenvalue weighted by Crippen LogP contribution is 2.10. The highest BCUT2D eigenvalue weighted by Gasteiger charge is 2.12. The molecule has 3 N–H and O–H groups in total. The number of rotatable bonds is 4. The standard InChI is InChI=1S/C12H15N3O/c1-2-4-11(14)12(16)15-10-6-3-5-9(7-10)8-13/h3,5-7,11H,2,4,14H2,1H3,(H,15,16)/t11-/m1/s1. The number of nitrogens with two attached hydrogens (primary N) is 1. The lowest BCUT2D eigenvalue weighted by Crippen LogP contribution is -2.35. The molecule has 1 rings (SSSR count). The number of anilines is 1. The van der Waals surface area contributed by atoms with Crippen LogP contribution in [0.2, 0.25) is 0 Å². The molecule has 0 spiro atoms. The van der Waals surface area contributed by atoms with E-state index < -0.39 is 6.04 Å². The van der Waals surface area contributed by atoms with Gasteiger partial charge in [0.1, 0.15) is 0 Å². The van der Waals surface area contributed by atoms with E-state index in [4.69, 9.17) is 11.0 Å². The van der Waals surface area contributed by atoms with Gasteiger partial charge in [-0.1, -0.05) is 19.4 Å². The van der Waals surface area contributed by atoms with E-state index >= 15 is 0 Å². The topological polar surface area (TPSA) is 78.9 Å². The van der Waals surface area contributed by atoms with Gasteiger partial charge in [0.05, 0.1) is 17.7 Å². The third-order valence-corrected chi connectivity index (χ3v) is 2.20. The second-order valence-corrected chi connectivity index (χ2v) is 3.58. The first kappa shape index (κ1) is 12.2. The van der Waals surface area contributed by atoms with Crippen molar-refractivity contribution in [3.8, 4) is 6.07 Å². The van der Waals surface area contributed by atoms with Crippen molar-refractivity contribution in [1.82, 2.24) is 0 Å². The van der Waals surface area contributed by atoms with Gasteiger partial charge in [0.2, 0.25) is 5.91 Å². The second-order valence-electron chi connectivity index (χ2n) is 3.58. The second kappa shape index (κ2) is 5.89. The average molecular weight is 217 g/mol. The van der Waals surface area contributed by atoms with Crippen LogP contribution in [0, 0.1) is 11.3 Å². The Bertz CT molecular complexity index is 409. The van der Waals surface area contributed by atoms with Crippen molar-refractivity contribution in [3.05, 3.63) is 29.8 Å². The number of carbonyl (C=O) groups is 1. The van der Waals surface area contributed by atoms with Crippen molar-refractivity contribution in [3.63, 3.8) is 0 Å². The van der Waals surface area contributed by atoms with Crippen molar-refractivity contribution in [2.45, 2.75) is 25.8 Å². The fraction of sp³-hybridized carbons (Fsp3) is 0.333. The Kier molecular flexibility index (Phi) is 4.49. The first-order chi connectivity index (χ1) is 7.67. The molecule has 0 bridgehead atoms. The molecule has 1 amide bonds. The molecule has 0 fully saturated rings. The number of nitrogens with one attached hydrogen (secondary N) is 1. The van der Waals surface area contributed by atoms with E-state index in [1.54, 1.807) is 24.3 Å². The van der Waals surface area contributed by atoms with Gasteiger partial charge in [0.15, 0.2) is 0 Å². The number of benzene rings is 1. The zero-order valence-electron chi connectivity index (χ0n) is 9.23. The van der Waals surface area contributed by atoms with Gasteiger partial charge in [0.25, 0.3) is 0 Å². The van der Waals surface area contributed by atoms with Crippen LogP contribution in [0.3, 0.4) is 0 Å². The minimum Gasteiger partial charge on any atom is -0.325 e. The maximum atomic E-state index is 11.6. The lowest BCUT2D eigenvalue weighted by atomic mass is 10.1. The summed E-state index contributed by atoms with van der Waals surface area (Å²) in [5.41, 5.74) is 6.79. The molecule has 4 heteroatoms. The highest BCUT2D eigenvalue weighted by molar-refractivity contribution is 5.94. The van der Waals surface area contributed by atoms with Crippen LogP contribution < -0.4 is 11.1 Å². The number of carbonyl (C=O) groups excluding carboxylic acids is 1. The van der Waals surface area contributed by atoms with E-state index in [2.05, 4.69) is 5.32 Å². The molecule has 0 aliphatic heterocycles. The van der Waals surface area contributed by atoms with Crippen LogP contribution in [0.25, 0.3) is 0 Å². The number of nitrogens with zero attached hydrogens (tertiary/aromatic N) is 1. The third kappa shape index (κ3) is 3.37. The normalized spacial score (nSPS) is 11.6. The van der Waals surface area contributed by atoms with Gasteiger partial charge < -0.3 is 11.1 Å². The van der Waals surface area contributed by atoms with Crippen LogP contribution >= 0.6 is 0 Å². The summed E-state index contributed by atoms with van der Waals surface area (Å²) in [7, 11) is 0. The Morgan fingerprint density at radius 2 is 2.38 bits per heavy atom. The summed E-state index contributed by atoms with van der Waals surface area (Å²) in [5.74, 6) is -0.211. The van der Waals surface area contributed by atoms with Crippen molar-refractivity contribution < 1.29 is 4.79 Å². The number of amides is 1. The largest absolute Gasteiger partial charge is 0.325 e. The number of nitriles is 1. The highest BCUT2D eigenvalue weighted by atomic mass is 16.2. The first-order valence-electron chi connectivity index (χ1n) is 5.24. The Morgan fingerprint density at radius 3 is 3.00 bits per heavy atom. The summed E-state index contributed by atoms with van der Waals surface area (Å²) in [5, 5.41) is 11.4. The molecule has 0 aliphatic rings. The van der Waals surface area contributed by atoms with Crippen LogP contribution in [0.5, 0.6) is 0 Å². The summed E-state index contributed by atoms with van der Waals surface area (Å²) >= 11 is 0. The van der Waals surface area contributed by atoms with E-state index in [1.807, 2.05) is 13.0 Å². The Labute approximate surface area is 95.1 Å². The fourth-order valence-electron chi connectivity index (χ4n) is 1.34.